The molecular weight excluding hydrogens is 380 g/mol. The molecule has 0 radical (unpaired) electrons. The van der Waals surface area contributed by atoms with Crippen molar-refractivity contribution in [1.82, 2.24) is 9.55 Å². The third kappa shape index (κ3) is 3.59. The van der Waals surface area contributed by atoms with Crippen molar-refractivity contribution in [3.63, 3.8) is 0 Å². The lowest BCUT2D eigenvalue weighted by Gasteiger charge is -2.16. The number of carbonyl (C=O) groups is 1. The highest BCUT2D eigenvalue weighted by Gasteiger charge is 2.40. The number of aromatic nitrogens is 2. The molecule has 2 N–H and O–H groups in total. The Morgan fingerprint density at radius 3 is 2.55 bits per heavy atom. The largest absolute Gasteiger partial charge is 0.494 e. The lowest BCUT2D eigenvalue weighted by atomic mass is 9.99. The van der Waals surface area contributed by atoms with Gasteiger partial charge in [-0.05, 0) is 24.8 Å². The molecule has 0 aliphatic carbocycles. The minimum atomic E-state index is -1.17. The number of hydrogen-bond acceptors (Lipinski definition) is 7. The first-order chi connectivity index (χ1) is 13.8. The van der Waals surface area contributed by atoms with Crippen LogP contribution < -0.4 is 20.7 Å². The van der Waals surface area contributed by atoms with Gasteiger partial charge in [0.15, 0.2) is 17.6 Å². The van der Waals surface area contributed by atoms with Gasteiger partial charge in [0.2, 0.25) is 5.88 Å². The van der Waals surface area contributed by atoms with Crippen LogP contribution in [0.15, 0.2) is 21.7 Å². The summed E-state index contributed by atoms with van der Waals surface area (Å²) in [6.45, 7) is 4.33. The van der Waals surface area contributed by atoms with E-state index in [-0.39, 0.29) is 23.4 Å². The van der Waals surface area contributed by atoms with E-state index < -0.39 is 29.2 Å². The zero-order chi connectivity index (χ0) is 21.3. The van der Waals surface area contributed by atoms with E-state index in [9.17, 15) is 19.5 Å². The first kappa shape index (κ1) is 20.5. The zero-order valence-electron chi connectivity index (χ0n) is 16.8. The maximum absolute atomic E-state index is 12.5. The quantitative estimate of drug-likeness (QED) is 0.677. The van der Waals surface area contributed by atoms with Crippen LogP contribution in [0.1, 0.15) is 54.3 Å². The van der Waals surface area contributed by atoms with Crippen LogP contribution in [-0.2, 0) is 11.3 Å². The second-order valence-electron chi connectivity index (χ2n) is 7.23. The summed E-state index contributed by atoms with van der Waals surface area (Å²) in [6, 6.07) is 3.15. The third-order valence-corrected chi connectivity index (χ3v) is 4.92. The molecule has 1 aromatic heterocycles. The fourth-order valence-electron chi connectivity index (χ4n) is 3.49. The lowest BCUT2D eigenvalue weighted by molar-refractivity contribution is 0.0446. The van der Waals surface area contributed by atoms with Gasteiger partial charge in [-0.25, -0.2) is 9.59 Å². The highest BCUT2D eigenvalue weighted by Crippen LogP contribution is 2.44. The molecule has 1 aromatic carbocycles. The fourth-order valence-corrected chi connectivity index (χ4v) is 3.49. The summed E-state index contributed by atoms with van der Waals surface area (Å²) in [6.07, 6.45) is 0.319. The Morgan fingerprint density at radius 2 is 1.93 bits per heavy atom. The van der Waals surface area contributed by atoms with Crippen molar-refractivity contribution in [3.8, 4) is 17.4 Å². The van der Waals surface area contributed by atoms with Gasteiger partial charge in [-0.3, -0.25) is 14.3 Å². The van der Waals surface area contributed by atoms with Crippen LogP contribution in [0.5, 0.6) is 17.4 Å². The maximum Gasteiger partial charge on any atom is 0.343 e. The Hall–Kier alpha value is -3.23. The highest BCUT2D eigenvalue weighted by atomic mass is 16.6. The molecule has 2 aromatic rings. The lowest BCUT2D eigenvalue weighted by Crippen LogP contribution is -2.33. The molecule has 2 heterocycles. The molecule has 0 bridgehead atoms. The van der Waals surface area contributed by atoms with E-state index in [2.05, 4.69) is 18.8 Å². The first-order valence-corrected chi connectivity index (χ1v) is 9.31. The summed E-state index contributed by atoms with van der Waals surface area (Å²) in [5, 5.41) is 10.7. The molecule has 9 nitrogen and oxygen atoms in total. The predicted molar refractivity (Wildman–Crippen MR) is 104 cm³/mol. The Balaban J connectivity index is 2.11. The van der Waals surface area contributed by atoms with Crippen LogP contribution in [0.3, 0.4) is 0 Å². The summed E-state index contributed by atoms with van der Waals surface area (Å²) < 4.78 is 17.0. The van der Waals surface area contributed by atoms with Crippen molar-refractivity contribution in [1.29, 1.82) is 0 Å². The minimum absolute atomic E-state index is 0.119. The zero-order valence-corrected chi connectivity index (χ0v) is 16.8. The van der Waals surface area contributed by atoms with Gasteiger partial charge in [0.1, 0.15) is 11.1 Å². The molecule has 1 atom stereocenters. The molecule has 3 rings (SSSR count). The monoisotopic (exact) mass is 404 g/mol. The van der Waals surface area contributed by atoms with E-state index >= 15 is 0 Å². The van der Waals surface area contributed by atoms with Crippen LogP contribution in [0.2, 0.25) is 0 Å². The number of rotatable bonds is 7. The standard InChI is InChI=1S/C20H24N2O7/c1-10(2)6-5-9-22-18(24)14(17(23)21-20(22)26)15-11-7-8-12(27-3)16(28-4)13(11)19(25)29-15/h7-8,10,15,24H,5-6,9H2,1-4H3,(H,21,23,26)/t15-/m1/s1. The Bertz CT molecular complexity index is 1050. The molecule has 0 amide bonds. The summed E-state index contributed by atoms with van der Waals surface area (Å²) in [7, 11) is 2.82. The number of nitrogens with one attached hydrogen (secondary N) is 1. The van der Waals surface area contributed by atoms with Gasteiger partial charge < -0.3 is 19.3 Å². The molecule has 29 heavy (non-hydrogen) atoms. The number of fused-ring (bicyclic) bond motifs is 1. The normalized spacial score (nSPS) is 15.3. The average molecular weight is 404 g/mol. The van der Waals surface area contributed by atoms with E-state index in [0.717, 1.165) is 11.0 Å². The molecule has 156 valence electrons. The number of hydrogen-bond donors (Lipinski definition) is 2. The molecule has 9 heteroatoms. The summed E-state index contributed by atoms with van der Waals surface area (Å²) in [5.41, 5.74) is -1.26. The van der Waals surface area contributed by atoms with Crippen LogP contribution in [0, 0.1) is 5.92 Å². The number of H-pyrrole nitrogens is 1. The van der Waals surface area contributed by atoms with Crippen molar-refractivity contribution in [2.45, 2.75) is 39.3 Å². The second kappa shape index (κ2) is 8.02. The molecule has 0 unspecified atom stereocenters. The predicted octanol–water partition coefficient (Wildman–Crippen LogP) is 1.96. The van der Waals surface area contributed by atoms with Gasteiger partial charge in [-0.15, -0.1) is 0 Å². The summed E-state index contributed by atoms with van der Waals surface area (Å²) >= 11 is 0. The number of benzene rings is 1. The summed E-state index contributed by atoms with van der Waals surface area (Å²) in [5.74, 6) is -0.278. The second-order valence-corrected chi connectivity index (χ2v) is 7.23. The maximum atomic E-state index is 12.5. The van der Waals surface area contributed by atoms with Gasteiger partial charge in [-0.2, -0.15) is 0 Å². The Labute approximate surface area is 166 Å². The van der Waals surface area contributed by atoms with Crippen LogP contribution >= 0.6 is 0 Å². The van der Waals surface area contributed by atoms with E-state index in [0.29, 0.717) is 23.7 Å². The van der Waals surface area contributed by atoms with Crippen molar-refractivity contribution >= 4 is 5.97 Å². The van der Waals surface area contributed by atoms with Gasteiger partial charge in [0.05, 0.1) is 14.2 Å². The number of aromatic amines is 1. The molecule has 0 fully saturated rings. The van der Waals surface area contributed by atoms with E-state index in [1.54, 1.807) is 12.1 Å². The van der Waals surface area contributed by atoms with Crippen molar-refractivity contribution < 1.29 is 24.1 Å². The van der Waals surface area contributed by atoms with Crippen molar-refractivity contribution in [2.75, 3.05) is 14.2 Å². The minimum Gasteiger partial charge on any atom is -0.494 e. The van der Waals surface area contributed by atoms with Crippen LogP contribution in [0.4, 0.5) is 0 Å². The number of ether oxygens (including phenoxy) is 3. The van der Waals surface area contributed by atoms with Gasteiger partial charge in [0.25, 0.3) is 5.56 Å². The topological polar surface area (TPSA) is 120 Å². The fraction of sp³-hybridized carbons (Fsp3) is 0.450. The Kier molecular flexibility index (Phi) is 5.67. The van der Waals surface area contributed by atoms with Gasteiger partial charge >= 0.3 is 11.7 Å². The number of nitrogens with zero attached hydrogens (tertiary/aromatic N) is 1. The number of aromatic hydroxyl groups is 1. The van der Waals surface area contributed by atoms with E-state index in [1.165, 1.54) is 14.2 Å². The highest BCUT2D eigenvalue weighted by molar-refractivity contribution is 5.98. The number of esters is 1. The molecule has 0 saturated heterocycles. The van der Waals surface area contributed by atoms with E-state index in [4.69, 9.17) is 14.2 Å². The van der Waals surface area contributed by atoms with E-state index in [1.807, 2.05) is 0 Å². The van der Waals surface area contributed by atoms with Crippen molar-refractivity contribution in [3.05, 3.63) is 49.7 Å². The third-order valence-electron chi connectivity index (χ3n) is 4.92. The van der Waals surface area contributed by atoms with Crippen LogP contribution in [-0.4, -0.2) is 34.8 Å². The summed E-state index contributed by atoms with van der Waals surface area (Å²) in [4.78, 5) is 39.4. The Morgan fingerprint density at radius 1 is 1.21 bits per heavy atom. The number of cyclic esters (lactones) is 1. The smallest absolute Gasteiger partial charge is 0.343 e. The number of methoxy groups -OCH3 is 2. The van der Waals surface area contributed by atoms with Gasteiger partial charge in [0, 0.05) is 12.1 Å². The van der Waals surface area contributed by atoms with Crippen molar-refractivity contribution in [2.24, 2.45) is 5.92 Å². The first-order valence-electron chi connectivity index (χ1n) is 9.31. The average Bonchev–Trinajstić information content (AvgIpc) is 2.99. The molecule has 1 aliphatic rings. The molecular formula is C20H24N2O7. The SMILES string of the molecule is COc1ccc2c(c1OC)C(=O)O[C@H]2c1c(O)n(CCCC(C)C)c(=O)[nH]c1=O. The molecule has 0 spiro atoms. The van der Waals surface area contributed by atoms with Gasteiger partial charge in [-0.1, -0.05) is 19.9 Å². The molecule has 0 saturated carbocycles. The van der Waals surface area contributed by atoms with Crippen LogP contribution in [0.25, 0.3) is 0 Å². The molecule has 1 aliphatic heterocycles. The number of carbonyl (C=O) groups excluding carboxylic acids is 1.